The predicted molar refractivity (Wildman–Crippen MR) is 118 cm³/mol. The SMILES string of the molecule is CCCCCCCCCCCCCCCC=CC(=O)OCC(O)[C@H]1OC[C@@H](O)[C@@H]1O. The Morgan fingerprint density at radius 1 is 0.967 bits per heavy atom. The first-order chi connectivity index (χ1) is 14.6. The van der Waals surface area contributed by atoms with Crippen LogP contribution < -0.4 is 0 Å². The minimum Gasteiger partial charge on any atom is -0.460 e. The number of carbonyl (C=O) groups excluding carboxylic acids is 1. The van der Waals surface area contributed by atoms with Gasteiger partial charge in [-0.1, -0.05) is 90.0 Å². The molecule has 1 fully saturated rings. The molecule has 3 N–H and O–H groups in total. The first-order valence-electron chi connectivity index (χ1n) is 12.0. The normalized spacial score (nSPS) is 22.6. The third-order valence-electron chi connectivity index (χ3n) is 5.69. The number of carbonyl (C=O) groups is 1. The fourth-order valence-corrected chi connectivity index (χ4v) is 3.73. The van der Waals surface area contributed by atoms with E-state index in [1.54, 1.807) is 6.08 Å². The van der Waals surface area contributed by atoms with E-state index in [4.69, 9.17) is 9.47 Å². The summed E-state index contributed by atoms with van der Waals surface area (Å²) in [5.74, 6) is -0.517. The van der Waals surface area contributed by atoms with E-state index < -0.39 is 30.4 Å². The molecule has 0 saturated carbocycles. The Bertz CT molecular complexity index is 453. The molecule has 0 aromatic carbocycles. The van der Waals surface area contributed by atoms with Gasteiger partial charge in [-0.2, -0.15) is 0 Å². The Hall–Kier alpha value is -0.950. The van der Waals surface area contributed by atoms with Gasteiger partial charge < -0.3 is 24.8 Å². The standard InChI is InChI=1S/C24H44O6/c1-2-3-4-5-6-7-8-9-10-11-12-13-14-15-16-17-22(27)29-19-21(26)24-23(28)20(25)18-30-24/h16-17,20-21,23-26,28H,2-15,18-19H2,1H3/t20-,21?,23+,24-/m1/s1. The summed E-state index contributed by atoms with van der Waals surface area (Å²) in [6.07, 6.45) is 16.9. The van der Waals surface area contributed by atoms with Crippen molar-refractivity contribution in [1.82, 2.24) is 0 Å². The highest BCUT2D eigenvalue weighted by atomic mass is 16.6. The van der Waals surface area contributed by atoms with Gasteiger partial charge in [-0.25, -0.2) is 4.79 Å². The van der Waals surface area contributed by atoms with Gasteiger partial charge in [0.15, 0.2) is 0 Å². The molecule has 1 rings (SSSR count). The maximum absolute atomic E-state index is 11.7. The number of aliphatic hydroxyl groups excluding tert-OH is 3. The van der Waals surface area contributed by atoms with Crippen molar-refractivity contribution in [3.8, 4) is 0 Å². The van der Waals surface area contributed by atoms with Gasteiger partial charge >= 0.3 is 5.97 Å². The predicted octanol–water partition coefficient (Wildman–Crippen LogP) is 4.05. The summed E-state index contributed by atoms with van der Waals surface area (Å²) >= 11 is 0. The van der Waals surface area contributed by atoms with Gasteiger partial charge in [-0.05, 0) is 12.8 Å². The van der Waals surface area contributed by atoms with Gasteiger partial charge in [-0.15, -0.1) is 0 Å². The number of allylic oxidation sites excluding steroid dienone is 1. The van der Waals surface area contributed by atoms with Crippen molar-refractivity contribution in [1.29, 1.82) is 0 Å². The van der Waals surface area contributed by atoms with E-state index in [1.165, 1.54) is 83.1 Å². The summed E-state index contributed by atoms with van der Waals surface area (Å²) < 4.78 is 10.1. The van der Waals surface area contributed by atoms with Crippen molar-refractivity contribution in [2.75, 3.05) is 13.2 Å². The maximum Gasteiger partial charge on any atom is 0.330 e. The summed E-state index contributed by atoms with van der Waals surface area (Å²) in [5.41, 5.74) is 0. The zero-order chi connectivity index (χ0) is 22.0. The van der Waals surface area contributed by atoms with Crippen LogP contribution in [0.5, 0.6) is 0 Å². The van der Waals surface area contributed by atoms with Gasteiger partial charge in [0.05, 0.1) is 6.61 Å². The molecule has 0 aliphatic carbocycles. The molecule has 1 heterocycles. The van der Waals surface area contributed by atoms with Crippen LogP contribution in [0.3, 0.4) is 0 Å². The van der Waals surface area contributed by atoms with Crippen LogP contribution in [0.25, 0.3) is 0 Å². The summed E-state index contributed by atoms with van der Waals surface area (Å²) in [6, 6.07) is 0. The molecule has 0 amide bonds. The molecule has 30 heavy (non-hydrogen) atoms. The lowest BCUT2D eigenvalue weighted by Gasteiger charge is -2.20. The monoisotopic (exact) mass is 428 g/mol. The molecule has 176 valence electrons. The van der Waals surface area contributed by atoms with Crippen LogP contribution in [0.4, 0.5) is 0 Å². The summed E-state index contributed by atoms with van der Waals surface area (Å²) in [4.78, 5) is 11.7. The third-order valence-corrected chi connectivity index (χ3v) is 5.69. The second-order valence-corrected chi connectivity index (χ2v) is 8.49. The lowest BCUT2D eigenvalue weighted by Crippen LogP contribution is -2.41. The van der Waals surface area contributed by atoms with Crippen LogP contribution in [-0.4, -0.2) is 58.9 Å². The molecule has 1 unspecified atom stereocenters. The lowest BCUT2D eigenvalue weighted by molar-refractivity contribution is -0.145. The molecule has 1 aliphatic heterocycles. The fraction of sp³-hybridized carbons (Fsp3) is 0.875. The Morgan fingerprint density at radius 2 is 1.50 bits per heavy atom. The zero-order valence-corrected chi connectivity index (χ0v) is 18.8. The molecule has 6 nitrogen and oxygen atoms in total. The lowest BCUT2D eigenvalue weighted by atomic mass is 10.0. The van der Waals surface area contributed by atoms with Gasteiger partial charge in [-0.3, -0.25) is 0 Å². The second kappa shape index (κ2) is 17.7. The molecule has 1 aliphatic rings. The molecule has 6 heteroatoms. The maximum atomic E-state index is 11.7. The number of unbranched alkanes of at least 4 members (excludes halogenated alkanes) is 13. The van der Waals surface area contributed by atoms with Gasteiger partial charge in [0.2, 0.25) is 0 Å². The molecular weight excluding hydrogens is 384 g/mol. The van der Waals surface area contributed by atoms with Crippen molar-refractivity contribution in [3.05, 3.63) is 12.2 Å². The average Bonchev–Trinajstić information content (AvgIpc) is 3.07. The molecule has 0 radical (unpaired) electrons. The highest BCUT2D eigenvalue weighted by Crippen LogP contribution is 2.18. The van der Waals surface area contributed by atoms with E-state index in [0.717, 1.165) is 12.8 Å². The van der Waals surface area contributed by atoms with E-state index >= 15 is 0 Å². The van der Waals surface area contributed by atoms with Gasteiger partial charge in [0, 0.05) is 6.08 Å². The molecule has 0 bridgehead atoms. The quantitative estimate of drug-likeness (QED) is 0.173. The average molecular weight is 429 g/mol. The largest absolute Gasteiger partial charge is 0.460 e. The van der Waals surface area contributed by atoms with Crippen LogP contribution in [0.1, 0.15) is 96.8 Å². The first-order valence-corrected chi connectivity index (χ1v) is 12.0. The van der Waals surface area contributed by atoms with Crippen LogP contribution in [0.2, 0.25) is 0 Å². The van der Waals surface area contributed by atoms with E-state index in [1.807, 2.05) is 0 Å². The smallest absolute Gasteiger partial charge is 0.330 e. The Balaban J connectivity index is 1.89. The van der Waals surface area contributed by atoms with E-state index in [2.05, 4.69) is 6.92 Å². The molecular formula is C24H44O6. The summed E-state index contributed by atoms with van der Waals surface area (Å²) in [7, 11) is 0. The first kappa shape index (κ1) is 27.1. The van der Waals surface area contributed by atoms with Crippen molar-refractivity contribution in [2.45, 2.75) is 121 Å². The van der Waals surface area contributed by atoms with Crippen molar-refractivity contribution in [2.24, 2.45) is 0 Å². The van der Waals surface area contributed by atoms with Crippen molar-refractivity contribution >= 4 is 5.97 Å². The minimum atomic E-state index is -1.16. The topological polar surface area (TPSA) is 96.2 Å². The van der Waals surface area contributed by atoms with Gasteiger partial charge in [0.1, 0.15) is 31.0 Å². The summed E-state index contributed by atoms with van der Waals surface area (Å²) in [5, 5.41) is 28.9. The van der Waals surface area contributed by atoms with E-state index in [0.29, 0.717) is 0 Å². The molecule has 0 spiro atoms. The Kier molecular flexibility index (Phi) is 16.0. The number of hydrogen-bond acceptors (Lipinski definition) is 6. The van der Waals surface area contributed by atoms with Crippen LogP contribution >= 0.6 is 0 Å². The second-order valence-electron chi connectivity index (χ2n) is 8.49. The highest BCUT2D eigenvalue weighted by Gasteiger charge is 2.39. The highest BCUT2D eigenvalue weighted by molar-refractivity contribution is 5.81. The zero-order valence-electron chi connectivity index (χ0n) is 18.8. The van der Waals surface area contributed by atoms with Crippen molar-refractivity contribution < 1.29 is 29.6 Å². The fourth-order valence-electron chi connectivity index (χ4n) is 3.73. The van der Waals surface area contributed by atoms with Gasteiger partial charge in [0.25, 0.3) is 0 Å². The number of rotatable bonds is 18. The molecule has 4 atom stereocenters. The molecule has 0 aromatic heterocycles. The van der Waals surface area contributed by atoms with Crippen LogP contribution in [0, 0.1) is 0 Å². The number of ether oxygens (including phenoxy) is 2. The number of esters is 1. The Labute approximate surface area is 182 Å². The van der Waals surface area contributed by atoms with E-state index in [9.17, 15) is 20.1 Å². The molecule has 1 saturated heterocycles. The number of hydrogen-bond donors (Lipinski definition) is 3. The van der Waals surface area contributed by atoms with Crippen LogP contribution in [-0.2, 0) is 14.3 Å². The van der Waals surface area contributed by atoms with E-state index in [-0.39, 0.29) is 13.2 Å². The van der Waals surface area contributed by atoms with Crippen molar-refractivity contribution in [3.63, 3.8) is 0 Å². The minimum absolute atomic E-state index is 0.0319. The molecule has 0 aromatic rings. The Morgan fingerprint density at radius 3 is 2.00 bits per heavy atom. The number of aliphatic hydroxyl groups is 3. The third kappa shape index (κ3) is 12.7. The van der Waals surface area contributed by atoms with Crippen LogP contribution in [0.15, 0.2) is 12.2 Å². The summed E-state index contributed by atoms with van der Waals surface area (Å²) in [6.45, 7) is 1.96.